The molecule has 2 fully saturated rings. The molecule has 0 unspecified atom stereocenters. The Labute approximate surface area is 217 Å². The van der Waals surface area contributed by atoms with Gasteiger partial charge in [-0.3, -0.25) is 10.1 Å². The van der Waals surface area contributed by atoms with Crippen LogP contribution in [-0.2, 0) is 4.79 Å². The van der Waals surface area contributed by atoms with Crippen LogP contribution in [0.4, 0.5) is 26.9 Å². The number of rotatable bonds is 5. The number of carbonyl (C=O) groups excluding carboxylic acids is 3. The number of aromatic nitrogens is 3. The van der Waals surface area contributed by atoms with Crippen LogP contribution in [0, 0.1) is 0 Å². The molecule has 13 heteroatoms. The molecule has 0 bridgehead atoms. The first-order chi connectivity index (χ1) is 17.8. The molecule has 12 nitrogen and oxygen atoms in total. The fourth-order valence-corrected chi connectivity index (χ4v) is 4.50. The summed E-state index contributed by atoms with van der Waals surface area (Å²) in [6, 6.07) is 8.67. The lowest BCUT2D eigenvalue weighted by Crippen LogP contribution is -2.46. The number of benzene rings is 1. The van der Waals surface area contributed by atoms with Gasteiger partial charge in [0.2, 0.25) is 0 Å². The average Bonchev–Trinajstić information content (AvgIpc) is 3.41. The van der Waals surface area contributed by atoms with E-state index >= 15 is 0 Å². The van der Waals surface area contributed by atoms with Crippen molar-refractivity contribution in [3.8, 4) is 0 Å². The first-order valence-electron chi connectivity index (χ1n) is 11.7. The summed E-state index contributed by atoms with van der Waals surface area (Å²) >= 11 is 6.15. The average molecular weight is 524 g/mol. The van der Waals surface area contributed by atoms with Crippen LogP contribution in [0.3, 0.4) is 0 Å². The van der Waals surface area contributed by atoms with Gasteiger partial charge in [-0.25, -0.2) is 14.6 Å². The first kappa shape index (κ1) is 24.4. The Bertz CT molecular complexity index is 1410. The van der Waals surface area contributed by atoms with Gasteiger partial charge in [0.05, 0.1) is 6.20 Å². The van der Waals surface area contributed by atoms with Crippen molar-refractivity contribution in [2.45, 2.75) is 18.9 Å². The van der Waals surface area contributed by atoms with Crippen molar-refractivity contribution in [1.29, 1.82) is 0 Å². The number of nitrogens with one attached hydrogen (secondary N) is 4. The molecule has 3 aromatic rings. The smallest absolute Gasteiger partial charge is 0.326 e. The van der Waals surface area contributed by atoms with Gasteiger partial charge in [0.25, 0.3) is 5.91 Å². The van der Waals surface area contributed by atoms with Gasteiger partial charge in [0, 0.05) is 55.6 Å². The Hall–Kier alpha value is -4.32. The van der Waals surface area contributed by atoms with Crippen molar-refractivity contribution < 1.29 is 14.4 Å². The minimum absolute atomic E-state index is 0.00514. The van der Waals surface area contributed by atoms with Crippen LogP contribution in [0.15, 0.2) is 42.2 Å². The second-order valence-corrected chi connectivity index (χ2v) is 9.48. The van der Waals surface area contributed by atoms with Gasteiger partial charge < -0.3 is 25.8 Å². The number of urea groups is 2. The SMILES string of the molecule is CN(C)C(=O)N1CCC(Nc2cc(Nc3cccc(Cl)c3)nc3c(/C=C4\NC(=O)NC4=O)cnn23)CC1. The van der Waals surface area contributed by atoms with E-state index in [1.54, 1.807) is 41.8 Å². The third-order valence-electron chi connectivity index (χ3n) is 6.12. The maximum atomic E-state index is 12.3. The standard InChI is InChI=1S/C24H26ClN9O3/c1-32(2)24(37)33-8-6-16(7-9-33)28-20-12-19(27-17-5-3-4-15(25)11-17)30-21-14(13-26-34(20)21)10-18-22(35)31-23(36)29-18/h3-5,10-13,16,28H,6-9H2,1-2H3,(H,27,30)(H2,29,31,35,36)/b18-10-. The highest BCUT2D eigenvalue weighted by atomic mass is 35.5. The molecule has 0 atom stereocenters. The predicted molar refractivity (Wildman–Crippen MR) is 140 cm³/mol. The van der Waals surface area contributed by atoms with Crippen LogP contribution in [0.2, 0.25) is 5.02 Å². The lowest BCUT2D eigenvalue weighted by atomic mass is 10.1. The molecule has 2 aliphatic rings. The number of fused-ring (bicyclic) bond motifs is 1. The minimum Gasteiger partial charge on any atom is -0.367 e. The molecule has 0 saturated carbocycles. The van der Waals surface area contributed by atoms with E-state index < -0.39 is 11.9 Å². The third-order valence-corrected chi connectivity index (χ3v) is 6.35. The van der Waals surface area contributed by atoms with Crippen molar-refractivity contribution in [2.75, 3.05) is 37.8 Å². The molecule has 4 N–H and O–H groups in total. The molecule has 2 aromatic heterocycles. The summed E-state index contributed by atoms with van der Waals surface area (Å²) in [4.78, 5) is 44.0. The fraction of sp³-hybridized carbons (Fsp3) is 0.292. The number of anilines is 3. The fourth-order valence-electron chi connectivity index (χ4n) is 4.31. The van der Waals surface area contributed by atoms with E-state index in [-0.39, 0.29) is 17.8 Å². The highest BCUT2D eigenvalue weighted by Crippen LogP contribution is 2.26. The molecule has 2 aliphatic heterocycles. The minimum atomic E-state index is -0.578. The second-order valence-electron chi connectivity index (χ2n) is 9.05. The topological polar surface area (TPSA) is 136 Å². The van der Waals surface area contributed by atoms with E-state index in [4.69, 9.17) is 16.6 Å². The molecule has 2 saturated heterocycles. The first-order valence-corrected chi connectivity index (χ1v) is 12.1. The maximum absolute atomic E-state index is 12.3. The summed E-state index contributed by atoms with van der Waals surface area (Å²) < 4.78 is 1.65. The second kappa shape index (κ2) is 9.97. The van der Waals surface area contributed by atoms with Crippen molar-refractivity contribution in [2.24, 2.45) is 0 Å². The molecule has 192 valence electrons. The van der Waals surface area contributed by atoms with Crippen molar-refractivity contribution in [3.63, 3.8) is 0 Å². The van der Waals surface area contributed by atoms with Gasteiger partial charge in [-0.2, -0.15) is 9.61 Å². The van der Waals surface area contributed by atoms with Crippen molar-refractivity contribution in [1.82, 2.24) is 35.0 Å². The number of nitrogens with zero attached hydrogens (tertiary/aromatic N) is 5. The zero-order chi connectivity index (χ0) is 26.1. The van der Waals surface area contributed by atoms with Crippen LogP contribution in [0.5, 0.6) is 0 Å². The number of hydrogen-bond donors (Lipinski definition) is 4. The molecule has 1 aromatic carbocycles. The van der Waals surface area contributed by atoms with Gasteiger partial charge in [-0.1, -0.05) is 17.7 Å². The largest absolute Gasteiger partial charge is 0.367 e. The molecule has 5 rings (SSSR count). The summed E-state index contributed by atoms with van der Waals surface area (Å²) in [6.07, 6.45) is 4.66. The van der Waals surface area contributed by atoms with Crippen LogP contribution in [-0.4, -0.2) is 75.6 Å². The maximum Gasteiger partial charge on any atom is 0.326 e. The van der Waals surface area contributed by atoms with E-state index in [0.717, 1.165) is 18.5 Å². The number of halogens is 1. The lowest BCUT2D eigenvalue weighted by molar-refractivity contribution is -0.115. The van der Waals surface area contributed by atoms with Crippen LogP contribution < -0.4 is 21.3 Å². The lowest BCUT2D eigenvalue weighted by Gasteiger charge is -2.34. The summed E-state index contributed by atoms with van der Waals surface area (Å²) in [5.41, 5.74) is 1.91. The monoisotopic (exact) mass is 523 g/mol. The molecule has 4 heterocycles. The molecular formula is C24H26ClN9O3. The number of amides is 5. The van der Waals surface area contributed by atoms with Crippen LogP contribution in [0.25, 0.3) is 11.7 Å². The third kappa shape index (κ3) is 5.28. The van der Waals surface area contributed by atoms with Crippen molar-refractivity contribution in [3.05, 3.63) is 52.8 Å². The summed E-state index contributed by atoms with van der Waals surface area (Å²) in [7, 11) is 3.50. The Kier molecular flexibility index (Phi) is 6.57. The van der Waals surface area contributed by atoms with Gasteiger partial charge in [-0.05, 0) is 37.1 Å². The predicted octanol–water partition coefficient (Wildman–Crippen LogP) is 2.86. The molecule has 0 radical (unpaired) electrons. The van der Waals surface area contributed by atoms with Gasteiger partial charge >= 0.3 is 12.1 Å². The van der Waals surface area contributed by atoms with E-state index in [2.05, 4.69) is 26.4 Å². The Morgan fingerprint density at radius 2 is 1.97 bits per heavy atom. The highest BCUT2D eigenvalue weighted by molar-refractivity contribution is 6.30. The van der Waals surface area contributed by atoms with Crippen molar-refractivity contribution >= 4 is 58.6 Å². The molecule has 0 spiro atoms. The highest BCUT2D eigenvalue weighted by Gasteiger charge is 2.26. The Morgan fingerprint density at radius 1 is 1.19 bits per heavy atom. The van der Waals surface area contributed by atoms with E-state index in [0.29, 0.717) is 41.0 Å². The number of likely N-dealkylation sites (tertiary alicyclic amines) is 1. The van der Waals surface area contributed by atoms with Gasteiger partial charge in [0.1, 0.15) is 17.3 Å². The number of piperidine rings is 1. The number of carbonyl (C=O) groups is 3. The summed E-state index contributed by atoms with van der Waals surface area (Å²) in [5.74, 6) is 0.712. The molecule has 37 heavy (non-hydrogen) atoms. The molecular weight excluding hydrogens is 498 g/mol. The molecule has 5 amide bonds. The zero-order valence-corrected chi connectivity index (χ0v) is 21.0. The summed E-state index contributed by atoms with van der Waals surface area (Å²) in [5, 5.41) is 16.6. The normalized spacial score (nSPS) is 17.2. The quantitative estimate of drug-likeness (QED) is 0.298. The molecule has 0 aliphatic carbocycles. The van der Waals surface area contributed by atoms with Crippen LogP contribution in [0.1, 0.15) is 18.4 Å². The van der Waals surface area contributed by atoms with E-state index in [1.165, 1.54) is 6.08 Å². The van der Waals surface area contributed by atoms with Gasteiger partial charge in [0.15, 0.2) is 5.65 Å². The Balaban J connectivity index is 1.46. The zero-order valence-electron chi connectivity index (χ0n) is 20.3. The van der Waals surface area contributed by atoms with Gasteiger partial charge in [-0.15, -0.1) is 0 Å². The number of hydrogen-bond acceptors (Lipinski definition) is 7. The van der Waals surface area contributed by atoms with E-state index in [1.807, 2.05) is 23.1 Å². The van der Waals surface area contributed by atoms with E-state index in [9.17, 15) is 14.4 Å². The Morgan fingerprint density at radius 3 is 2.65 bits per heavy atom. The number of imide groups is 1. The summed E-state index contributed by atoms with van der Waals surface area (Å²) in [6.45, 7) is 1.28. The van der Waals surface area contributed by atoms with Crippen LogP contribution >= 0.6 is 11.6 Å².